The zero-order valence-corrected chi connectivity index (χ0v) is 13.9. The Morgan fingerprint density at radius 1 is 0.840 bits per heavy atom. The predicted octanol–water partition coefficient (Wildman–Crippen LogP) is 5.06. The maximum atomic E-state index is 9.81. The Morgan fingerprint density at radius 3 is 2.48 bits per heavy atom. The van der Waals surface area contributed by atoms with E-state index in [0.29, 0.717) is 0 Å². The second-order valence-corrected chi connectivity index (χ2v) is 6.33. The Balaban J connectivity index is 1.97. The first-order valence-corrected chi connectivity index (χ1v) is 8.43. The molecule has 1 N–H and O–H groups in total. The Bertz CT molecular complexity index is 1020. The minimum absolute atomic E-state index is 0.277. The first kappa shape index (κ1) is 15.3. The van der Waals surface area contributed by atoms with Gasteiger partial charge in [-0.05, 0) is 76.6 Å². The lowest BCUT2D eigenvalue weighted by molar-refractivity contribution is 0.475. The molecule has 0 aliphatic heterocycles. The molecule has 0 fully saturated rings. The van der Waals surface area contributed by atoms with E-state index in [1.165, 1.54) is 27.8 Å². The lowest BCUT2D eigenvalue weighted by Crippen LogP contribution is -1.93. The summed E-state index contributed by atoms with van der Waals surface area (Å²) in [5.41, 5.74) is 8.16. The molecule has 0 saturated carbocycles. The van der Waals surface area contributed by atoms with Crippen LogP contribution < -0.4 is 0 Å². The summed E-state index contributed by atoms with van der Waals surface area (Å²) in [7, 11) is 0. The van der Waals surface area contributed by atoms with Crippen LogP contribution in [0, 0.1) is 12.3 Å². The van der Waals surface area contributed by atoms with Crippen molar-refractivity contribution in [2.75, 3.05) is 0 Å². The van der Waals surface area contributed by atoms with Gasteiger partial charge in [0.1, 0.15) is 5.75 Å². The third-order valence-electron chi connectivity index (χ3n) is 4.71. The average molecular weight is 322 g/mol. The highest BCUT2D eigenvalue weighted by atomic mass is 16.3. The van der Waals surface area contributed by atoms with Crippen LogP contribution in [0.5, 0.6) is 5.75 Å². The molecule has 1 nitrogen and oxygen atoms in total. The molecule has 1 aliphatic carbocycles. The highest BCUT2D eigenvalue weighted by Crippen LogP contribution is 2.35. The van der Waals surface area contributed by atoms with E-state index in [-0.39, 0.29) is 5.75 Å². The monoisotopic (exact) mass is 322 g/mol. The van der Waals surface area contributed by atoms with Crippen molar-refractivity contribution >= 4 is 11.6 Å². The van der Waals surface area contributed by atoms with Gasteiger partial charge in [-0.3, -0.25) is 0 Å². The van der Waals surface area contributed by atoms with Crippen LogP contribution in [0.2, 0.25) is 0 Å². The molecule has 0 amide bonds. The number of terminal acetylenes is 1. The normalized spacial score (nSPS) is 14.3. The molecule has 0 heterocycles. The Labute approximate surface area is 148 Å². The fourth-order valence-corrected chi connectivity index (χ4v) is 3.51. The fraction of sp³-hybridized carbons (Fsp3) is 0.0833. The molecule has 120 valence electrons. The van der Waals surface area contributed by atoms with Crippen molar-refractivity contribution in [2.24, 2.45) is 0 Å². The van der Waals surface area contributed by atoms with Gasteiger partial charge in [0.25, 0.3) is 0 Å². The van der Waals surface area contributed by atoms with Crippen molar-refractivity contribution in [1.82, 2.24) is 0 Å². The minimum atomic E-state index is 0.277. The highest BCUT2D eigenvalue weighted by Gasteiger charge is 2.18. The SMILES string of the molecule is C#Cc1ccc2c(c1)CCc1ccccc1/C2=C\c1cccc(O)c1. The van der Waals surface area contributed by atoms with Crippen molar-refractivity contribution in [3.05, 3.63) is 100 Å². The smallest absolute Gasteiger partial charge is 0.116 e. The topological polar surface area (TPSA) is 20.2 Å². The van der Waals surface area contributed by atoms with Gasteiger partial charge in [-0.15, -0.1) is 6.42 Å². The molecular weight excluding hydrogens is 304 g/mol. The summed E-state index contributed by atoms with van der Waals surface area (Å²) >= 11 is 0. The van der Waals surface area contributed by atoms with Crippen LogP contribution in [-0.2, 0) is 12.8 Å². The van der Waals surface area contributed by atoms with E-state index in [4.69, 9.17) is 6.42 Å². The summed E-state index contributed by atoms with van der Waals surface area (Å²) in [5, 5.41) is 9.81. The first-order valence-electron chi connectivity index (χ1n) is 8.43. The zero-order valence-electron chi connectivity index (χ0n) is 13.9. The molecule has 3 aromatic carbocycles. The number of aromatic hydroxyl groups is 1. The van der Waals surface area contributed by atoms with Crippen LogP contribution in [0.15, 0.2) is 66.7 Å². The van der Waals surface area contributed by atoms with E-state index in [1.54, 1.807) is 12.1 Å². The van der Waals surface area contributed by atoms with Gasteiger partial charge in [0.2, 0.25) is 0 Å². The van der Waals surface area contributed by atoms with Crippen molar-refractivity contribution in [3.8, 4) is 18.1 Å². The summed E-state index contributed by atoms with van der Waals surface area (Å²) in [5.74, 6) is 3.02. The number of hydrogen-bond donors (Lipinski definition) is 1. The standard InChI is InChI=1S/C24H18O/c1-2-17-10-13-23-20(14-17)12-11-19-7-3-4-9-22(19)24(23)16-18-6-5-8-21(25)15-18/h1,3-10,13-16,25H,11-12H2/b24-16+. The van der Waals surface area contributed by atoms with E-state index in [1.807, 2.05) is 18.2 Å². The molecule has 0 spiro atoms. The molecule has 0 unspecified atom stereocenters. The van der Waals surface area contributed by atoms with E-state index < -0.39 is 0 Å². The number of fused-ring (bicyclic) bond motifs is 2. The van der Waals surface area contributed by atoms with Gasteiger partial charge < -0.3 is 5.11 Å². The van der Waals surface area contributed by atoms with Crippen molar-refractivity contribution in [1.29, 1.82) is 0 Å². The third kappa shape index (κ3) is 2.95. The van der Waals surface area contributed by atoms with Crippen LogP contribution in [-0.4, -0.2) is 5.11 Å². The van der Waals surface area contributed by atoms with E-state index >= 15 is 0 Å². The lowest BCUT2D eigenvalue weighted by Gasteiger charge is -2.12. The number of phenols is 1. The van der Waals surface area contributed by atoms with Gasteiger partial charge in [-0.2, -0.15) is 0 Å². The zero-order chi connectivity index (χ0) is 17.2. The molecule has 0 saturated heterocycles. The predicted molar refractivity (Wildman–Crippen MR) is 103 cm³/mol. The maximum absolute atomic E-state index is 9.81. The lowest BCUT2D eigenvalue weighted by atomic mass is 9.91. The summed E-state index contributed by atoms with van der Waals surface area (Å²) in [6, 6.07) is 22.1. The summed E-state index contributed by atoms with van der Waals surface area (Å²) < 4.78 is 0. The molecular formula is C24H18O. The summed E-state index contributed by atoms with van der Waals surface area (Å²) in [6.07, 6.45) is 9.71. The van der Waals surface area contributed by atoms with Crippen molar-refractivity contribution < 1.29 is 5.11 Å². The molecule has 0 aromatic heterocycles. The van der Waals surface area contributed by atoms with Crippen LogP contribution in [0.1, 0.15) is 33.4 Å². The molecule has 3 aromatic rings. The number of hydrogen-bond acceptors (Lipinski definition) is 1. The molecule has 0 bridgehead atoms. The van der Waals surface area contributed by atoms with Crippen LogP contribution in [0.3, 0.4) is 0 Å². The fourth-order valence-electron chi connectivity index (χ4n) is 3.51. The number of aryl methyl sites for hydroxylation is 2. The van der Waals surface area contributed by atoms with Crippen LogP contribution in [0.4, 0.5) is 0 Å². The maximum Gasteiger partial charge on any atom is 0.116 e. The first-order chi connectivity index (χ1) is 12.2. The number of rotatable bonds is 1. The Morgan fingerprint density at radius 2 is 1.64 bits per heavy atom. The summed E-state index contributed by atoms with van der Waals surface area (Å²) in [6.45, 7) is 0. The highest BCUT2D eigenvalue weighted by molar-refractivity contribution is 5.94. The van der Waals surface area contributed by atoms with E-state index in [9.17, 15) is 5.11 Å². The van der Waals surface area contributed by atoms with Crippen LogP contribution >= 0.6 is 0 Å². The van der Waals surface area contributed by atoms with Gasteiger partial charge in [0.05, 0.1) is 0 Å². The Kier molecular flexibility index (Phi) is 3.88. The summed E-state index contributed by atoms with van der Waals surface area (Å²) in [4.78, 5) is 0. The van der Waals surface area contributed by atoms with Crippen LogP contribution in [0.25, 0.3) is 11.6 Å². The van der Waals surface area contributed by atoms with Crippen molar-refractivity contribution in [2.45, 2.75) is 12.8 Å². The molecule has 0 radical (unpaired) electrons. The number of benzene rings is 3. The molecule has 1 aliphatic rings. The molecule has 0 atom stereocenters. The third-order valence-corrected chi connectivity index (χ3v) is 4.71. The molecule has 4 rings (SSSR count). The van der Waals surface area contributed by atoms with Gasteiger partial charge in [0.15, 0.2) is 0 Å². The molecule has 25 heavy (non-hydrogen) atoms. The minimum Gasteiger partial charge on any atom is -0.508 e. The number of phenolic OH excluding ortho intramolecular Hbond substituents is 1. The largest absolute Gasteiger partial charge is 0.508 e. The molecule has 1 heteroatoms. The van der Waals surface area contributed by atoms with Gasteiger partial charge in [-0.25, -0.2) is 0 Å². The second kappa shape index (κ2) is 6.34. The Hall–Kier alpha value is -3.24. The van der Waals surface area contributed by atoms with Crippen molar-refractivity contribution in [3.63, 3.8) is 0 Å². The van der Waals surface area contributed by atoms with E-state index in [0.717, 1.165) is 24.0 Å². The van der Waals surface area contributed by atoms with E-state index in [2.05, 4.69) is 48.4 Å². The quantitative estimate of drug-likeness (QED) is 0.621. The van der Waals surface area contributed by atoms with Gasteiger partial charge >= 0.3 is 0 Å². The second-order valence-electron chi connectivity index (χ2n) is 6.33. The van der Waals surface area contributed by atoms with Gasteiger partial charge in [-0.1, -0.05) is 48.4 Å². The average Bonchev–Trinajstić information content (AvgIpc) is 2.79. The van der Waals surface area contributed by atoms with Gasteiger partial charge in [0, 0.05) is 5.56 Å².